The summed E-state index contributed by atoms with van der Waals surface area (Å²) in [7, 11) is 0. The second-order valence-corrected chi connectivity index (χ2v) is 5.85. The van der Waals surface area contributed by atoms with Gasteiger partial charge in [0.2, 0.25) is 0 Å². The first-order chi connectivity index (χ1) is 10.3. The van der Waals surface area contributed by atoms with Crippen LogP contribution in [-0.2, 0) is 6.18 Å². The van der Waals surface area contributed by atoms with Gasteiger partial charge in [0.05, 0.1) is 18.3 Å². The number of pyridine rings is 1. The fraction of sp³-hybridized carbons (Fsp3) is 0.667. The number of rotatable bonds is 4. The highest BCUT2D eigenvalue weighted by molar-refractivity contribution is 5.49. The summed E-state index contributed by atoms with van der Waals surface area (Å²) in [6.07, 6.45) is -2.16. The van der Waals surface area contributed by atoms with Crippen LogP contribution in [0.4, 0.5) is 19.0 Å². The van der Waals surface area contributed by atoms with Crippen LogP contribution in [-0.4, -0.2) is 41.0 Å². The van der Waals surface area contributed by atoms with E-state index in [1.807, 2.05) is 6.92 Å². The van der Waals surface area contributed by atoms with Crippen LogP contribution in [0.2, 0.25) is 0 Å². The van der Waals surface area contributed by atoms with Crippen molar-refractivity contribution in [3.05, 3.63) is 23.9 Å². The zero-order valence-electron chi connectivity index (χ0n) is 12.5. The molecule has 1 aromatic heterocycles. The first kappa shape index (κ1) is 17.0. The average Bonchev–Trinajstić information content (AvgIpc) is 2.48. The molecule has 0 bridgehead atoms. The van der Waals surface area contributed by atoms with Crippen molar-refractivity contribution in [2.75, 3.05) is 24.6 Å². The van der Waals surface area contributed by atoms with Gasteiger partial charge in [-0.3, -0.25) is 0 Å². The number of aromatic nitrogens is 1. The third-order valence-corrected chi connectivity index (χ3v) is 4.43. The van der Waals surface area contributed by atoms with Gasteiger partial charge >= 0.3 is 6.18 Å². The van der Waals surface area contributed by atoms with E-state index in [9.17, 15) is 23.4 Å². The van der Waals surface area contributed by atoms with Crippen molar-refractivity contribution in [3.63, 3.8) is 0 Å². The molecule has 1 saturated heterocycles. The Kier molecular flexibility index (Phi) is 4.97. The summed E-state index contributed by atoms with van der Waals surface area (Å²) in [5.74, 6) is -0.155. The van der Waals surface area contributed by atoms with Gasteiger partial charge in [-0.1, -0.05) is 13.3 Å². The number of piperidine rings is 1. The molecule has 1 fully saturated rings. The second-order valence-electron chi connectivity index (χ2n) is 5.85. The molecule has 0 radical (unpaired) electrons. The molecule has 1 aliphatic heterocycles. The molecule has 0 aromatic carbocycles. The van der Waals surface area contributed by atoms with Crippen LogP contribution < -0.4 is 4.90 Å². The zero-order chi connectivity index (χ0) is 16.4. The fourth-order valence-electron chi connectivity index (χ4n) is 3.13. The first-order valence-electron chi connectivity index (χ1n) is 7.40. The van der Waals surface area contributed by atoms with E-state index < -0.39 is 23.3 Å². The maximum atomic E-state index is 13.1. The molecule has 1 aromatic rings. The molecule has 22 heavy (non-hydrogen) atoms. The number of aliphatic hydroxyl groups excluding tert-OH is 2. The SMILES string of the molecule is CCC[C@]1(CO)CCN(c2ncccc2C(F)(F)F)C[C@H]1O. The number of β-amino-alcohol motifs (C(OH)–C–C–N with tert-alkyl or cyclic N) is 1. The highest BCUT2D eigenvalue weighted by Crippen LogP contribution is 2.40. The normalized spacial score (nSPS) is 26.3. The van der Waals surface area contributed by atoms with Crippen molar-refractivity contribution in [2.24, 2.45) is 5.41 Å². The summed E-state index contributed by atoms with van der Waals surface area (Å²) in [5.41, 5.74) is -1.42. The molecule has 2 rings (SSSR count). The number of hydrogen-bond donors (Lipinski definition) is 2. The van der Waals surface area contributed by atoms with Crippen molar-refractivity contribution in [3.8, 4) is 0 Å². The smallest absolute Gasteiger partial charge is 0.396 e. The minimum Gasteiger partial charge on any atom is -0.396 e. The van der Waals surface area contributed by atoms with Crippen LogP contribution in [0, 0.1) is 5.41 Å². The number of alkyl halides is 3. The van der Waals surface area contributed by atoms with Crippen LogP contribution >= 0.6 is 0 Å². The molecule has 1 aliphatic rings. The van der Waals surface area contributed by atoms with Crippen molar-refractivity contribution >= 4 is 5.82 Å². The molecule has 0 saturated carbocycles. The van der Waals surface area contributed by atoms with Gasteiger partial charge < -0.3 is 15.1 Å². The second kappa shape index (κ2) is 6.42. The van der Waals surface area contributed by atoms with Gasteiger partial charge in [0, 0.05) is 24.7 Å². The fourth-order valence-corrected chi connectivity index (χ4v) is 3.13. The third-order valence-electron chi connectivity index (χ3n) is 4.43. The minimum absolute atomic E-state index is 0.0423. The number of anilines is 1. The maximum Gasteiger partial charge on any atom is 0.419 e. The minimum atomic E-state index is -4.48. The number of aliphatic hydroxyl groups is 2. The van der Waals surface area contributed by atoms with E-state index in [0.717, 1.165) is 12.5 Å². The van der Waals surface area contributed by atoms with Crippen LogP contribution in [0.1, 0.15) is 31.7 Å². The Morgan fingerprint density at radius 3 is 2.73 bits per heavy atom. The highest BCUT2D eigenvalue weighted by Gasteiger charge is 2.43. The lowest BCUT2D eigenvalue weighted by Crippen LogP contribution is -2.53. The summed E-state index contributed by atoms with van der Waals surface area (Å²) >= 11 is 0. The van der Waals surface area contributed by atoms with Crippen LogP contribution in [0.3, 0.4) is 0 Å². The van der Waals surface area contributed by atoms with Gasteiger partial charge in [-0.2, -0.15) is 13.2 Å². The Hall–Kier alpha value is -1.34. The lowest BCUT2D eigenvalue weighted by Gasteiger charge is -2.45. The van der Waals surface area contributed by atoms with Gasteiger partial charge in [-0.25, -0.2) is 4.98 Å². The molecular formula is C15H21F3N2O2. The van der Waals surface area contributed by atoms with Crippen LogP contribution in [0.5, 0.6) is 0 Å². The Balaban J connectivity index is 2.24. The van der Waals surface area contributed by atoms with E-state index in [0.29, 0.717) is 19.4 Å². The Labute approximate surface area is 127 Å². The number of halogens is 3. The van der Waals surface area contributed by atoms with Gasteiger partial charge in [-0.15, -0.1) is 0 Å². The Morgan fingerprint density at radius 2 is 2.18 bits per heavy atom. The third kappa shape index (κ3) is 3.20. The van der Waals surface area contributed by atoms with Crippen molar-refractivity contribution in [1.82, 2.24) is 4.98 Å². The quantitative estimate of drug-likeness (QED) is 0.895. The monoisotopic (exact) mass is 318 g/mol. The molecule has 2 N–H and O–H groups in total. The molecular weight excluding hydrogens is 297 g/mol. The molecule has 0 amide bonds. The predicted octanol–water partition coefficient (Wildman–Crippen LogP) is 2.45. The summed E-state index contributed by atoms with van der Waals surface area (Å²) in [5, 5.41) is 20.0. The van der Waals surface area contributed by atoms with Gasteiger partial charge in [0.1, 0.15) is 5.82 Å². The molecule has 2 atom stereocenters. The molecule has 2 heterocycles. The van der Waals surface area contributed by atoms with E-state index in [4.69, 9.17) is 0 Å². The number of hydrogen-bond acceptors (Lipinski definition) is 4. The highest BCUT2D eigenvalue weighted by atomic mass is 19.4. The molecule has 124 valence electrons. The number of nitrogens with zero attached hydrogens (tertiary/aromatic N) is 2. The van der Waals surface area contributed by atoms with E-state index in [1.165, 1.54) is 17.2 Å². The maximum absolute atomic E-state index is 13.1. The first-order valence-corrected chi connectivity index (χ1v) is 7.40. The lowest BCUT2D eigenvalue weighted by atomic mass is 9.73. The molecule has 7 heteroatoms. The van der Waals surface area contributed by atoms with E-state index in [1.54, 1.807) is 0 Å². The predicted molar refractivity (Wildman–Crippen MR) is 76.5 cm³/mol. The zero-order valence-corrected chi connectivity index (χ0v) is 12.5. The summed E-state index contributed by atoms with van der Waals surface area (Å²) in [6.45, 7) is 2.17. The van der Waals surface area contributed by atoms with Crippen LogP contribution in [0.15, 0.2) is 18.3 Å². The van der Waals surface area contributed by atoms with Crippen molar-refractivity contribution in [1.29, 1.82) is 0 Å². The van der Waals surface area contributed by atoms with Crippen molar-refractivity contribution in [2.45, 2.75) is 38.5 Å². The Morgan fingerprint density at radius 1 is 1.45 bits per heavy atom. The van der Waals surface area contributed by atoms with E-state index in [2.05, 4.69) is 4.98 Å². The summed E-state index contributed by atoms with van der Waals surface area (Å²) < 4.78 is 39.2. The van der Waals surface area contributed by atoms with Crippen LogP contribution in [0.25, 0.3) is 0 Å². The van der Waals surface area contributed by atoms with Crippen molar-refractivity contribution < 1.29 is 23.4 Å². The lowest BCUT2D eigenvalue weighted by molar-refractivity contribution is -0.137. The van der Waals surface area contributed by atoms with Gasteiger partial charge in [-0.05, 0) is 25.0 Å². The van der Waals surface area contributed by atoms with Gasteiger partial charge in [0.25, 0.3) is 0 Å². The van der Waals surface area contributed by atoms with Gasteiger partial charge in [0.15, 0.2) is 0 Å². The standard InChI is InChI=1S/C15H21F3N2O2/c1-2-5-14(10-21)6-8-20(9-12(14)22)13-11(15(16,17)18)4-3-7-19-13/h3-4,7,12,21-22H,2,5-6,8-10H2,1H3/t12-,14-/m1/s1. The molecule has 0 spiro atoms. The van der Waals surface area contributed by atoms with E-state index >= 15 is 0 Å². The largest absolute Gasteiger partial charge is 0.419 e. The molecule has 4 nitrogen and oxygen atoms in total. The summed E-state index contributed by atoms with van der Waals surface area (Å²) in [4.78, 5) is 5.31. The Bertz CT molecular complexity index is 510. The van der Waals surface area contributed by atoms with E-state index in [-0.39, 0.29) is 19.0 Å². The molecule has 0 unspecified atom stereocenters. The average molecular weight is 318 g/mol. The summed E-state index contributed by atoms with van der Waals surface area (Å²) in [6, 6.07) is 2.25. The molecule has 0 aliphatic carbocycles. The topological polar surface area (TPSA) is 56.6 Å².